The van der Waals surface area contributed by atoms with Crippen LogP contribution in [0.5, 0.6) is 0 Å². The topological polar surface area (TPSA) is 88.0 Å². The Morgan fingerprint density at radius 1 is 1.38 bits per heavy atom. The third kappa shape index (κ3) is 3.49. The van der Waals surface area contributed by atoms with Crippen LogP contribution in [0, 0.1) is 5.92 Å². The van der Waals surface area contributed by atoms with Crippen molar-refractivity contribution >= 4 is 23.1 Å². The van der Waals surface area contributed by atoms with E-state index in [1.54, 1.807) is 0 Å². The van der Waals surface area contributed by atoms with E-state index in [0.29, 0.717) is 6.42 Å². The van der Waals surface area contributed by atoms with Gasteiger partial charge in [0.05, 0.1) is 12.1 Å². The van der Waals surface area contributed by atoms with Gasteiger partial charge in [-0.3, -0.25) is 9.59 Å². The molecule has 1 amide bonds. The first-order valence-corrected chi connectivity index (χ1v) is 7.01. The minimum atomic E-state index is -0.693. The molecule has 4 N–H and O–H groups in total. The van der Waals surface area contributed by atoms with E-state index in [1.807, 2.05) is 50.6 Å². The lowest BCUT2D eigenvalue weighted by atomic mass is 10.0. The Balaban J connectivity index is 2.09. The van der Waals surface area contributed by atoms with Crippen molar-refractivity contribution in [3.8, 4) is 0 Å². The number of amides is 1. The van der Waals surface area contributed by atoms with Crippen LogP contribution >= 0.6 is 0 Å². The lowest BCUT2D eigenvalue weighted by Crippen LogP contribution is -2.48. The second kappa shape index (κ2) is 6.54. The van der Waals surface area contributed by atoms with Crippen LogP contribution in [0.1, 0.15) is 19.4 Å². The van der Waals surface area contributed by atoms with Crippen LogP contribution in [-0.2, 0) is 16.0 Å². The maximum atomic E-state index is 11.9. The molecule has 1 heterocycles. The second-order valence-corrected chi connectivity index (χ2v) is 5.51. The van der Waals surface area contributed by atoms with Crippen molar-refractivity contribution < 1.29 is 9.59 Å². The molecule has 0 fully saturated rings. The summed E-state index contributed by atoms with van der Waals surface area (Å²) in [5.41, 5.74) is 7.75. The van der Waals surface area contributed by atoms with Gasteiger partial charge in [0.15, 0.2) is 0 Å². The molecule has 1 aromatic carbocycles. The zero-order valence-corrected chi connectivity index (χ0v) is 12.2. The number of aromatic amines is 1. The molecular weight excluding hydrogens is 266 g/mol. The highest BCUT2D eigenvalue weighted by molar-refractivity contribution is 5.86. The Labute approximate surface area is 123 Å². The number of hydrogen-bond donors (Lipinski definition) is 3. The number of fused-ring (bicyclic) bond motifs is 1. The quantitative estimate of drug-likeness (QED) is 0.747. The highest BCUT2D eigenvalue weighted by Gasteiger charge is 2.21. The molecule has 2 atom stereocenters. The molecule has 2 rings (SSSR count). The van der Waals surface area contributed by atoms with Crippen LogP contribution in [0.4, 0.5) is 0 Å². The summed E-state index contributed by atoms with van der Waals surface area (Å²) < 4.78 is 0. The van der Waals surface area contributed by atoms with E-state index >= 15 is 0 Å². The van der Waals surface area contributed by atoms with Crippen molar-refractivity contribution in [2.75, 3.05) is 0 Å². The molecule has 21 heavy (non-hydrogen) atoms. The second-order valence-electron chi connectivity index (χ2n) is 5.51. The summed E-state index contributed by atoms with van der Waals surface area (Å²) in [6, 6.07) is 6.50. The molecule has 0 aliphatic rings. The lowest BCUT2D eigenvalue weighted by molar-refractivity contribution is -0.123. The van der Waals surface area contributed by atoms with Crippen LogP contribution in [0.3, 0.4) is 0 Å². The maximum Gasteiger partial charge on any atom is 0.237 e. The molecular formula is C16H20N3O2. The summed E-state index contributed by atoms with van der Waals surface area (Å²) in [5.74, 6) is -0.302. The first kappa shape index (κ1) is 15.3. The predicted molar refractivity (Wildman–Crippen MR) is 82.4 cm³/mol. The fourth-order valence-electron chi connectivity index (χ4n) is 2.21. The molecule has 0 saturated carbocycles. The van der Waals surface area contributed by atoms with Crippen molar-refractivity contribution in [3.05, 3.63) is 36.0 Å². The Morgan fingerprint density at radius 3 is 2.76 bits per heavy atom. The van der Waals surface area contributed by atoms with Crippen molar-refractivity contribution in [1.82, 2.24) is 10.3 Å². The molecule has 2 aromatic rings. The van der Waals surface area contributed by atoms with Crippen LogP contribution in [-0.4, -0.2) is 29.3 Å². The fourth-order valence-corrected chi connectivity index (χ4v) is 2.21. The smallest absolute Gasteiger partial charge is 0.237 e. The van der Waals surface area contributed by atoms with E-state index in [-0.39, 0.29) is 11.8 Å². The molecule has 5 nitrogen and oxygen atoms in total. The monoisotopic (exact) mass is 286 g/mol. The average molecular weight is 286 g/mol. The minimum Gasteiger partial charge on any atom is -0.361 e. The Bertz CT molecular complexity index is 633. The Kier molecular flexibility index (Phi) is 4.75. The molecule has 0 saturated heterocycles. The molecule has 0 spiro atoms. The summed E-state index contributed by atoms with van der Waals surface area (Å²) >= 11 is 0. The number of aromatic nitrogens is 1. The SMILES string of the molecule is CC(C)[C@@H](N)C(=O)N[C@@H]([C]=O)Cc1c[nH]c2ccccc12. The third-order valence-electron chi connectivity index (χ3n) is 3.58. The molecule has 0 aliphatic heterocycles. The number of nitrogens with two attached hydrogens (primary N) is 1. The van der Waals surface area contributed by atoms with Gasteiger partial charge in [0.1, 0.15) is 0 Å². The van der Waals surface area contributed by atoms with E-state index in [2.05, 4.69) is 10.3 Å². The number of benzene rings is 1. The van der Waals surface area contributed by atoms with Gasteiger partial charge in [-0.25, -0.2) is 0 Å². The number of carbonyl (C=O) groups excluding carboxylic acids is 2. The van der Waals surface area contributed by atoms with Crippen LogP contribution in [0.25, 0.3) is 10.9 Å². The van der Waals surface area contributed by atoms with E-state index < -0.39 is 12.1 Å². The van der Waals surface area contributed by atoms with Gasteiger partial charge >= 0.3 is 0 Å². The number of hydrogen-bond acceptors (Lipinski definition) is 3. The maximum absolute atomic E-state index is 11.9. The number of carbonyl (C=O) groups is 1. The van der Waals surface area contributed by atoms with Crippen LogP contribution < -0.4 is 11.1 Å². The van der Waals surface area contributed by atoms with Gasteiger partial charge in [-0.1, -0.05) is 32.0 Å². The molecule has 1 aromatic heterocycles. The zero-order valence-electron chi connectivity index (χ0n) is 12.2. The highest BCUT2D eigenvalue weighted by atomic mass is 16.2. The number of rotatable bonds is 6. The molecule has 0 bridgehead atoms. The molecule has 111 valence electrons. The number of nitrogens with one attached hydrogen (secondary N) is 2. The highest BCUT2D eigenvalue weighted by Crippen LogP contribution is 2.18. The van der Waals surface area contributed by atoms with Crippen molar-refractivity contribution in [2.45, 2.75) is 32.4 Å². The Morgan fingerprint density at radius 2 is 2.10 bits per heavy atom. The Hall–Kier alpha value is -2.14. The first-order chi connectivity index (χ1) is 10.0. The predicted octanol–water partition coefficient (Wildman–Crippen LogP) is 1.29. The van der Waals surface area contributed by atoms with Crippen LogP contribution in [0.15, 0.2) is 30.5 Å². The normalized spacial score (nSPS) is 14.1. The number of H-pyrrole nitrogens is 1. The van der Waals surface area contributed by atoms with Gasteiger partial charge in [0, 0.05) is 23.5 Å². The fraction of sp³-hybridized carbons (Fsp3) is 0.375. The summed E-state index contributed by atoms with van der Waals surface area (Å²) in [4.78, 5) is 26.2. The van der Waals surface area contributed by atoms with E-state index in [1.165, 1.54) is 0 Å². The van der Waals surface area contributed by atoms with Crippen LogP contribution in [0.2, 0.25) is 0 Å². The van der Waals surface area contributed by atoms with Crippen molar-refractivity contribution in [3.63, 3.8) is 0 Å². The molecule has 0 unspecified atom stereocenters. The summed E-state index contributed by atoms with van der Waals surface area (Å²) in [6.07, 6.45) is 4.12. The summed E-state index contributed by atoms with van der Waals surface area (Å²) in [6.45, 7) is 3.73. The van der Waals surface area contributed by atoms with Gasteiger partial charge in [-0.2, -0.15) is 0 Å². The summed E-state index contributed by atoms with van der Waals surface area (Å²) in [7, 11) is 0. The largest absolute Gasteiger partial charge is 0.361 e. The van der Waals surface area contributed by atoms with E-state index in [4.69, 9.17) is 5.73 Å². The van der Waals surface area contributed by atoms with Crippen molar-refractivity contribution in [2.24, 2.45) is 11.7 Å². The van der Waals surface area contributed by atoms with Gasteiger partial charge in [0.2, 0.25) is 12.2 Å². The number of para-hydroxylation sites is 1. The van der Waals surface area contributed by atoms with Gasteiger partial charge < -0.3 is 16.0 Å². The van der Waals surface area contributed by atoms with Gasteiger partial charge in [-0.05, 0) is 17.5 Å². The van der Waals surface area contributed by atoms with E-state index in [9.17, 15) is 9.59 Å². The molecule has 0 aliphatic carbocycles. The zero-order chi connectivity index (χ0) is 15.4. The van der Waals surface area contributed by atoms with Gasteiger partial charge in [0.25, 0.3) is 0 Å². The van der Waals surface area contributed by atoms with Gasteiger partial charge in [-0.15, -0.1) is 0 Å². The molecule has 5 heteroatoms. The summed E-state index contributed by atoms with van der Waals surface area (Å²) in [5, 5.41) is 3.69. The average Bonchev–Trinajstić information content (AvgIpc) is 2.88. The first-order valence-electron chi connectivity index (χ1n) is 7.01. The third-order valence-corrected chi connectivity index (χ3v) is 3.58. The van der Waals surface area contributed by atoms with E-state index in [0.717, 1.165) is 16.5 Å². The minimum absolute atomic E-state index is 0.0189. The standard InChI is InChI=1S/C16H20N3O2/c1-10(2)15(17)16(21)19-12(9-20)7-11-8-18-14-6-4-3-5-13(11)14/h3-6,8,10,12,15,18H,7,17H2,1-2H3,(H,19,21)/t12-,15-/m1/s1. The lowest BCUT2D eigenvalue weighted by Gasteiger charge is -2.18. The molecule has 1 radical (unpaired) electrons. The van der Waals surface area contributed by atoms with Crippen molar-refractivity contribution in [1.29, 1.82) is 0 Å².